The molecule has 2 aromatic carbocycles. The molecule has 2 atom stereocenters. The quantitative estimate of drug-likeness (QED) is 0.735. The molecular formula is C25H30N2O4. The van der Waals surface area contributed by atoms with E-state index in [1.165, 1.54) is 0 Å². The Bertz CT molecular complexity index is 985. The molecule has 164 valence electrons. The fourth-order valence-electron chi connectivity index (χ4n) is 4.60. The molecule has 0 spiro atoms. The molecule has 2 heterocycles. The van der Waals surface area contributed by atoms with Gasteiger partial charge in [-0.15, -0.1) is 0 Å². The number of carbonyl (C=O) groups is 2. The predicted molar refractivity (Wildman–Crippen MR) is 119 cm³/mol. The number of hydrogen-bond donors (Lipinski definition) is 0. The van der Waals surface area contributed by atoms with Crippen molar-refractivity contribution < 1.29 is 19.1 Å². The summed E-state index contributed by atoms with van der Waals surface area (Å²) in [7, 11) is 3.45. The molecule has 0 aromatic heterocycles. The molecule has 0 radical (unpaired) electrons. The fourth-order valence-corrected chi connectivity index (χ4v) is 4.60. The SMILES string of the molecule is CCC(CC)C(=O)N1CC2Oc3cc(-c4cccc(OC)c4)ccc3C(=O)N(C)C2C1. The van der Waals surface area contributed by atoms with Gasteiger partial charge in [-0.3, -0.25) is 9.59 Å². The van der Waals surface area contributed by atoms with Crippen molar-refractivity contribution in [3.05, 3.63) is 48.0 Å². The monoisotopic (exact) mass is 422 g/mol. The highest BCUT2D eigenvalue weighted by molar-refractivity contribution is 5.98. The van der Waals surface area contributed by atoms with E-state index in [2.05, 4.69) is 0 Å². The van der Waals surface area contributed by atoms with E-state index in [1.807, 2.05) is 61.2 Å². The zero-order valence-electron chi connectivity index (χ0n) is 18.6. The highest BCUT2D eigenvalue weighted by Gasteiger charge is 2.44. The standard InChI is InChI=1S/C25H30N2O4/c1-5-16(6-2)24(28)27-14-21-23(15-27)31-22-13-18(10-11-20(22)25(29)26(21)3)17-8-7-9-19(12-17)30-4/h7-13,16,21,23H,5-6,14-15H2,1-4H3. The van der Waals surface area contributed by atoms with Crippen LogP contribution in [0.3, 0.4) is 0 Å². The molecule has 2 aliphatic rings. The fraction of sp³-hybridized carbons (Fsp3) is 0.440. The molecular weight excluding hydrogens is 392 g/mol. The van der Waals surface area contributed by atoms with Crippen molar-refractivity contribution in [2.45, 2.75) is 38.8 Å². The van der Waals surface area contributed by atoms with E-state index in [9.17, 15) is 9.59 Å². The van der Waals surface area contributed by atoms with E-state index in [-0.39, 0.29) is 29.9 Å². The number of carbonyl (C=O) groups excluding carboxylic acids is 2. The van der Waals surface area contributed by atoms with E-state index in [0.717, 1.165) is 29.7 Å². The normalized spacial score (nSPS) is 20.2. The Hall–Kier alpha value is -3.02. The topological polar surface area (TPSA) is 59.1 Å². The van der Waals surface area contributed by atoms with Crippen LogP contribution in [-0.4, -0.2) is 61.0 Å². The zero-order chi connectivity index (χ0) is 22.1. The summed E-state index contributed by atoms with van der Waals surface area (Å²) in [5.41, 5.74) is 2.50. The third-order valence-electron chi connectivity index (χ3n) is 6.59. The number of hydrogen-bond acceptors (Lipinski definition) is 4. The minimum Gasteiger partial charge on any atom is -0.497 e. The van der Waals surface area contributed by atoms with Gasteiger partial charge in [-0.25, -0.2) is 0 Å². The minimum atomic E-state index is -0.242. The van der Waals surface area contributed by atoms with Gasteiger partial charge in [-0.05, 0) is 48.2 Å². The number of ether oxygens (including phenoxy) is 2. The number of likely N-dealkylation sites (N-methyl/N-ethyl adjacent to an activating group) is 1. The Labute approximate surface area is 183 Å². The number of methoxy groups -OCH3 is 1. The summed E-state index contributed by atoms with van der Waals surface area (Å²) in [6.45, 7) is 5.10. The molecule has 0 saturated carbocycles. The van der Waals surface area contributed by atoms with Crippen LogP contribution in [-0.2, 0) is 4.79 Å². The first-order valence-corrected chi connectivity index (χ1v) is 11.0. The lowest BCUT2D eigenvalue weighted by Gasteiger charge is -2.25. The molecule has 4 rings (SSSR count). The Morgan fingerprint density at radius 1 is 1.13 bits per heavy atom. The van der Waals surface area contributed by atoms with E-state index in [1.54, 1.807) is 19.1 Å². The largest absolute Gasteiger partial charge is 0.497 e. The van der Waals surface area contributed by atoms with Crippen molar-refractivity contribution in [1.29, 1.82) is 0 Å². The van der Waals surface area contributed by atoms with Crippen LogP contribution in [0.15, 0.2) is 42.5 Å². The predicted octanol–water partition coefficient (Wildman–Crippen LogP) is 3.84. The lowest BCUT2D eigenvalue weighted by molar-refractivity contribution is -0.135. The van der Waals surface area contributed by atoms with Crippen molar-refractivity contribution in [2.24, 2.45) is 5.92 Å². The summed E-state index contributed by atoms with van der Waals surface area (Å²) in [6.07, 6.45) is 1.40. The molecule has 6 heteroatoms. The first kappa shape index (κ1) is 21.2. The zero-order valence-corrected chi connectivity index (χ0v) is 18.6. The average Bonchev–Trinajstić information content (AvgIpc) is 3.19. The summed E-state index contributed by atoms with van der Waals surface area (Å²) >= 11 is 0. The van der Waals surface area contributed by atoms with Crippen molar-refractivity contribution in [3.8, 4) is 22.6 Å². The van der Waals surface area contributed by atoms with Crippen molar-refractivity contribution >= 4 is 11.8 Å². The molecule has 2 aliphatic heterocycles. The number of rotatable bonds is 5. The van der Waals surface area contributed by atoms with Gasteiger partial charge in [-0.2, -0.15) is 0 Å². The van der Waals surface area contributed by atoms with E-state index in [0.29, 0.717) is 24.4 Å². The van der Waals surface area contributed by atoms with E-state index >= 15 is 0 Å². The lowest BCUT2D eigenvalue weighted by atomic mass is 10.0. The van der Waals surface area contributed by atoms with E-state index < -0.39 is 0 Å². The second-order valence-corrected chi connectivity index (χ2v) is 8.34. The van der Waals surface area contributed by atoms with Crippen LogP contribution in [0.1, 0.15) is 37.0 Å². The van der Waals surface area contributed by atoms with Gasteiger partial charge in [0.05, 0.1) is 25.3 Å². The molecule has 6 nitrogen and oxygen atoms in total. The maximum absolute atomic E-state index is 13.2. The second-order valence-electron chi connectivity index (χ2n) is 8.34. The lowest BCUT2D eigenvalue weighted by Crippen LogP contribution is -2.44. The summed E-state index contributed by atoms with van der Waals surface area (Å²) in [6, 6.07) is 13.3. The number of fused-ring (bicyclic) bond motifs is 2. The van der Waals surface area contributed by atoms with Gasteiger partial charge in [0.2, 0.25) is 5.91 Å². The van der Waals surface area contributed by atoms with E-state index in [4.69, 9.17) is 9.47 Å². The van der Waals surface area contributed by atoms with Crippen molar-refractivity contribution in [3.63, 3.8) is 0 Å². The molecule has 2 unspecified atom stereocenters. The number of amides is 2. The van der Waals surface area contributed by atoms with Gasteiger partial charge in [0.15, 0.2) is 0 Å². The Kier molecular flexibility index (Phi) is 5.90. The Morgan fingerprint density at radius 2 is 1.87 bits per heavy atom. The Balaban J connectivity index is 1.64. The third-order valence-corrected chi connectivity index (χ3v) is 6.59. The van der Waals surface area contributed by atoms with Crippen LogP contribution in [0.25, 0.3) is 11.1 Å². The molecule has 2 amide bonds. The highest BCUT2D eigenvalue weighted by atomic mass is 16.5. The highest BCUT2D eigenvalue weighted by Crippen LogP contribution is 2.35. The molecule has 0 N–H and O–H groups in total. The minimum absolute atomic E-state index is 0.0234. The van der Waals surface area contributed by atoms with Gasteiger partial charge in [0.25, 0.3) is 5.91 Å². The molecule has 31 heavy (non-hydrogen) atoms. The van der Waals surface area contributed by atoms with Gasteiger partial charge in [0, 0.05) is 19.5 Å². The maximum Gasteiger partial charge on any atom is 0.257 e. The van der Waals surface area contributed by atoms with Crippen LogP contribution < -0.4 is 9.47 Å². The molecule has 0 aliphatic carbocycles. The number of likely N-dealkylation sites (tertiary alicyclic amines) is 1. The summed E-state index contributed by atoms with van der Waals surface area (Å²) in [5.74, 6) is 1.46. The van der Waals surface area contributed by atoms with Gasteiger partial charge < -0.3 is 19.3 Å². The molecule has 1 saturated heterocycles. The van der Waals surface area contributed by atoms with Crippen molar-refractivity contribution in [1.82, 2.24) is 9.80 Å². The van der Waals surface area contributed by atoms with Crippen LogP contribution in [0.2, 0.25) is 0 Å². The smallest absolute Gasteiger partial charge is 0.257 e. The average molecular weight is 423 g/mol. The number of nitrogens with zero attached hydrogens (tertiary/aromatic N) is 2. The molecule has 2 aromatic rings. The number of benzene rings is 2. The Morgan fingerprint density at radius 3 is 2.58 bits per heavy atom. The van der Waals surface area contributed by atoms with Crippen LogP contribution in [0.4, 0.5) is 0 Å². The van der Waals surface area contributed by atoms with Crippen molar-refractivity contribution in [2.75, 3.05) is 27.2 Å². The first-order valence-electron chi connectivity index (χ1n) is 11.0. The van der Waals surface area contributed by atoms with Gasteiger partial charge >= 0.3 is 0 Å². The first-order chi connectivity index (χ1) is 15.0. The summed E-state index contributed by atoms with van der Waals surface area (Å²) < 4.78 is 11.7. The van der Waals surface area contributed by atoms with Gasteiger partial charge in [0.1, 0.15) is 17.6 Å². The summed E-state index contributed by atoms with van der Waals surface area (Å²) in [5, 5.41) is 0. The summed E-state index contributed by atoms with van der Waals surface area (Å²) in [4.78, 5) is 29.7. The molecule has 0 bridgehead atoms. The third kappa shape index (κ3) is 3.87. The van der Waals surface area contributed by atoms with Crippen LogP contribution in [0.5, 0.6) is 11.5 Å². The second kappa shape index (κ2) is 8.61. The molecule has 1 fully saturated rings. The van der Waals surface area contributed by atoms with Crippen LogP contribution in [0, 0.1) is 5.92 Å². The van der Waals surface area contributed by atoms with Crippen LogP contribution >= 0.6 is 0 Å². The van der Waals surface area contributed by atoms with Gasteiger partial charge in [-0.1, -0.05) is 32.0 Å². The maximum atomic E-state index is 13.2.